The Labute approximate surface area is 112 Å². The lowest BCUT2D eigenvalue weighted by atomic mass is 10.1. The number of likely N-dealkylation sites (tertiary alicyclic amines) is 1. The first-order valence-electron chi connectivity index (χ1n) is 6.26. The Morgan fingerprint density at radius 3 is 2.74 bits per heavy atom. The summed E-state index contributed by atoms with van der Waals surface area (Å²) in [5.74, 6) is 0.301. The molecule has 0 aromatic heterocycles. The lowest BCUT2D eigenvalue weighted by Gasteiger charge is -2.15. The van der Waals surface area contributed by atoms with Gasteiger partial charge in [-0.3, -0.25) is 14.5 Å². The van der Waals surface area contributed by atoms with Crippen LogP contribution in [0.15, 0.2) is 18.2 Å². The van der Waals surface area contributed by atoms with Crippen LogP contribution in [-0.4, -0.2) is 36.4 Å². The van der Waals surface area contributed by atoms with Gasteiger partial charge in [-0.05, 0) is 25.0 Å². The lowest BCUT2D eigenvalue weighted by molar-refractivity contribution is -0.138. The van der Waals surface area contributed by atoms with Gasteiger partial charge in [0.15, 0.2) is 0 Å². The number of nitrogens with two attached hydrogens (primary N) is 1. The number of nitrogens with zero attached hydrogens (tertiary/aromatic N) is 1. The zero-order valence-electron chi connectivity index (χ0n) is 11.2. The minimum atomic E-state index is -0.674. The van der Waals surface area contributed by atoms with Crippen molar-refractivity contribution in [1.82, 2.24) is 4.90 Å². The molecule has 0 radical (unpaired) electrons. The molecule has 1 heterocycles. The molecule has 2 N–H and O–H groups in total. The number of methoxy groups -OCH3 is 1. The Morgan fingerprint density at radius 2 is 2.16 bits per heavy atom. The SMILES string of the molecule is COc1ccc(C)cc1CCN1C(=O)CC(N)C1=O. The van der Waals surface area contributed by atoms with E-state index in [1.54, 1.807) is 7.11 Å². The van der Waals surface area contributed by atoms with Crippen LogP contribution in [0.4, 0.5) is 0 Å². The highest BCUT2D eigenvalue weighted by atomic mass is 16.5. The number of carbonyl (C=O) groups excluding carboxylic acids is 2. The van der Waals surface area contributed by atoms with Gasteiger partial charge in [-0.15, -0.1) is 0 Å². The van der Waals surface area contributed by atoms with Crippen LogP contribution >= 0.6 is 0 Å². The number of hydrogen-bond donors (Lipinski definition) is 1. The van der Waals surface area contributed by atoms with Crippen LogP contribution in [0.25, 0.3) is 0 Å². The van der Waals surface area contributed by atoms with Crippen molar-refractivity contribution in [3.63, 3.8) is 0 Å². The van der Waals surface area contributed by atoms with Gasteiger partial charge in [0.25, 0.3) is 0 Å². The second-order valence-corrected chi connectivity index (χ2v) is 4.76. The molecule has 0 saturated carbocycles. The summed E-state index contributed by atoms with van der Waals surface area (Å²) in [6, 6.07) is 5.19. The summed E-state index contributed by atoms with van der Waals surface area (Å²) in [6.45, 7) is 2.34. The first-order chi connectivity index (χ1) is 9.02. The average molecular weight is 262 g/mol. The molecule has 5 nitrogen and oxygen atoms in total. The van der Waals surface area contributed by atoms with Crippen LogP contribution in [0.2, 0.25) is 0 Å². The molecular weight excluding hydrogens is 244 g/mol. The van der Waals surface area contributed by atoms with E-state index in [9.17, 15) is 9.59 Å². The standard InChI is InChI=1S/C14H18N2O3/c1-9-3-4-12(19-2)10(7-9)5-6-16-13(17)8-11(15)14(16)18/h3-4,7,11H,5-6,8,15H2,1-2H3. The van der Waals surface area contributed by atoms with Crippen LogP contribution in [-0.2, 0) is 16.0 Å². The van der Waals surface area contributed by atoms with Gasteiger partial charge >= 0.3 is 0 Å². The van der Waals surface area contributed by atoms with E-state index in [-0.39, 0.29) is 18.2 Å². The zero-order valence-corrected chi connectivity index (χ0v) is 11.2. The van der Waals surface area contributed by atoms with Crippen LogP contribution < -0.4 is 10.5 Å². The molecule has 1 aromatic rings. The highest BCUT2D eigenvalue weighted by Gasteiger charge is 2.35. The van der Waals surface area contributed by atoms with Gasteiger partial charge < -0.3 is 10.5 Å². The van der Waals surface area contributed by atoms with Crippen LogP contribution in [0, 0.1) is 6.92 Å². The van der Waals surface area contributed by atoms with Gasteiger partial charge in [0.1, 0.15) is 5.75 Å². The number of carbonyl (C=O) groups is 2. The molecule has 5 heteroatoms. The van der Waals surface area contributed by atoms with E-state index in [0.717, 1.165) is 16.9 Å². The second-order valence-electron chi connectivity index (χ2n) is 4.76. The first-order valence-corrected chi connectivity index (χ1v) is 6.26. The number of rotatable bonds is 4. The third kappa shape index (κ3) is 2.76. The van der Waals surface area contributed by atoms with Gasteiger partial charge in [-0.25, -0.2) is 0 Å². The molecule has 0 aliphatic carbocycles. The maximum absolute atomic E-state index is 11.7. The van der Waals surface area contributed by atoms with Crippen molar-refractivity contribution >= 4 is 11.8 Å². The first kappa shape index (κ1) is 13.5. The fraction of sp³-hybridized carbons (Fsp3) is 0.429. The molecule has 1 unspecified atom stereocenters. The largest absolute Gasteiger partial charge is 0.496 e. The summed E-state index contributed by atoms with van der Waals surface area (Å²) < 4.78 is 5.28. The fourth-order valence-corrected chi connectivity index (χ4v) is 2.28. The van der Waals surface area contributed by atoms with Gasteiger partial charge in [0.05, 0.1) is 19.6 Å². The molecule has 1 aliphatic heterocycles. The monoisotopic (exact) mass is 262 g/mol. The predicted octanol–water partition coefficient (Wildman–Crippen LogP) is 0.632. The molecule has 0 spiro atoms. The summed E-state index contributed by atoms with van der Waals surface area (Å²) in [5, 5.41) is 0. The smallest absolute Gasteiger partial charge is 0.246 e. The van der Waals surface area contributed by atoms with Crippen molar-refractivity contribution in [2.24, 2.45) is 5.73 Å². The summed E-state index contributed by atoms with van der Waals surface area (Å²) in [5.41, 5.74) is 7.68. The Bertz CT molecular complexity index is 513. The van der Waals surface area contributed by atoms with Crippen molar-refractivity contribution in [2.75, 3.05) is 13.7 Å². The van der Waals surface area contributed by atoms with E-state index in [2.05, 4.69) is 0 Å². The highest BCUT2D eigenvalue weighted by Crippen LogP contribution is 2.21. The van der Waals surface area contributed by atoms with Gasteiger partial charge in [-0.2, -0.15) is 0 Å². The molecule has 2 amide bonds. The number of aryl methyl sites for hydroxylation is 1. The van der Waals surface area contributed by atoms with Crippen molar-refractivity contribution in [3.8, 4) is 5.75 Å². The average Bonchev–Trinajstić information content (AvgIpc) is 2.61. The number of amides is 2. The second kappa shape index (κ2) is 5.40. The predicted molar refractivity (Wildman–Crippen MR) is 70.7 cm³/mol. The third-order valence-corrected chi connectivity index (χ3v) is 3.32. The van der Waals surface area contributed by atoms with E-state index < -0.39 is 6.04 Å². The molecule has 1 atom stereocenters. The van der Waals surface area contributed by atoms with E-state index in [1.807, 2.05) is 25.1 Å². The Balaban J connectivity index is 2.09. The summed E-state index contributed by atoms with van der Waals surface area (Å²) in [7, 11) is 1.61. The minimum absolute atomic E-state index is 0.115. The lowest BCUT2D eigenvalue weighted by Crippen LogP contribution is -2.36. The summed E-state index contributed by atoms with van der Waals surface area (Å²) in [4.78, 5) is 24.6. The van der Waals surface area contributed by atoms with Crippen molar-refractivity contribution in [3.05, 3.63) is 29.3 Å². The van der Waals surface area contributed by atoms with E-state index in [4.69, 9.17) is 10.5 Å². The van der Waals surface area contributed by atoms with Crippen LogP contribution in [0.3, 0.4) is 0 Å². The number of benzene rings is 1. The maximum atomic E-state index is 11.7. The summed E-state index contributed by atoms with van der Waals surface area (Å²) >= 11 is 0. The molecule has 1 aliphatic rings. The van der Waals surface area contributed by atoms with Gasteiger partial charge in [0, 0.05) is 6.54 Å². The van der Waals surface area contributed by atoms with Crippen molar-refractivity contribution in [2.45, 2.75) is 25.8 Å². The fourth-order valence-electron chi connectivity index (χ4n) is 2.28. The minimum Gasteiger partial charge on any atom is -0.496 e. The van der Waals surface area contributed by atoms with Crippen LogP contribution in [0.5, 0.6) is 5.75 Å². The molecule has 19 heavy (non-hydrogen) atoms. The van der Waals surface area contributed by atoms with Crippen molar-refractivity contribution < 1.29 is 14.3 Å². The molecule has 102 valence electrons. The molecular formula is C14H18N2O3. The van der Waals surface area contributed by atoms with E-state index in [0.29, 0.717) is 13.0 Å². The summed E-state index contributed by atoms with van der Waals surface area (Å²) in [6.07, 6.45) is 0.693. The number of hydrogen-bond acceptors (Lipinski definition) is 4. The molecule has 0 bridgehead atoms. The van der Waals surface area contributed by atoms with Crippen LogP contribution in [0.1, 0.15) is 17.5 Å². The molecule has 2 rings (SSSR count). The quantitative estimate of drug-likeness (QED) is 0.808. The highest BCUT2D eigenvalue weighted by molar-refractivity contribution is 6.05. The number of imide groups is 1. The van der Waals surface area contributed by atoms with Gasteiger partial charge in [0.2, 0.25) is 11.8 Å². The topological polar surface area (TPSA) is 72.6 Å². The number of ether oxygens (including phenoxy) is 1. The normalized spacial score (nSPS) is 19.1. The van der Waals surface area contributed by atoms with Gasteiger partial charge in [-0.1, -0.05) is 17.7 Å². The maximum Gasteiger partial charge on any atom is 0.246 e. The molecule has 1 aromatic carbocycles. The Morgan fingerprint density at radius 1 is 1.42 bits per heavy atom. The molecule has 1 saturated heterocycles. The Hall–Kier alpha value is -1.88. The zero-order chi connectivity index (χ0) is 14.0. The molecule has 1 fully saturated rings. The third-order valence-electron chi connectivity index (χ3n) is 3.32. The van der Waals surface area contributed by atoms with Crippen molar-refractivity contribution in [1.29, 1.82) is 0 Å². The van der Waals surface area contributed by atoms with E-state index in [1.165, 1.54) is 4.90 Å². The van der Waals surface area contributed by atoms with E-state index >= 15 is 0 Å². The Kier molecular flexibility index (Phi) is 3.85.